The zero-order valence-corrected chi connectivity index (χ0v) is 14.4. The van der Waals surface area contributed by atoms with Crippen molar-refractivity contribution in [2.75, 3.05) is 6.54 Å². The molecule has 0 radical (unpaired) electrons. The molecule has 0 N–H and O–H groups in total. The Morgan fingerprint density at radius 2 is 2.07 bits per heavy atom. The lowest BCUT2D eigenvalue weighted by atomic mass is 10.2. The van der Waals surface area contributed by atoms with Crippen LogP contribution >= 0.6 is 0 Å². The first kappa shape index (κ1) is 15.7. The Hall–Kier alpha value is -3.55. The number of carbonyl (C=O) groups is 1. The van der Waals surface area contributed by atoms with Crippen molar-refractivity contribution >= 4 is 11.4 Å². The van der Waals surface area contributed by atoms with Crippen LogP contribution in [0.25, 0.3) is 17.0 Å². The summed E-state index contributed by atoms with van der Waals surface area (Å²) in [5, 5.41) is 8.30. The summed E-state index contributed by atoms with van der Waals surface area (Å²) < 4.78 is 7.13. The van der Waals surface area contributed by atoms with Crippen molar-refractivity contribution in [3.05, 3.63) is 66.4 Å². The molecule has 1 atom stereocenters. The topological polar surface area (TPSA) is 89.4 Å². The van der Waals surface area contributed by atoms with Gasteiger partial charge in [-0.3, -0.25) is 9.78 Å². The number of aromatic nitrogens is 5. The quantitative estimate of drug-likeness (QED) is 0.558. The van der Waals surface area contributed by atoms with Gasteiger partial charge in [-0.25, -0.2) is 4.52 Å². The average Bonchev–Trinajstić information content (AvgIpc) is 3.47. The molecule has 4 aromatic rings. The van der Waals surface area contributed by atoms with E-state index < -0.39 is 0 Å². The minimum absolute atomic E-state index is 0.0932. The summed E-state index contributed by atoms with van der Waals surface area (Å²) in [7, 11) is 0. The second-order valence-electron chi connectivity index (χ2n) is 6.41. The van der Waals surface area contributed by atoms with Crippen molar-refractivity contribution < 1.29 is 9.32 Å². The van der Waals surface area contributed by atoms with Crippen LogP contribution < -0.4 is 0 Å². The number of hydrogen-bond donors (Lipinski definition) is 0. The second kappa shape index (κ2) is 6.31. The van der Waals surface area contributed by atoms with Gasteiger partial charge in [-0.15, -0.1) is 0 Å². The molecule has 8 heteroatoms. The van der Waals surface area contributed by atoms with Gasteiger partial charge in [-0.05, 0) is 43.2 Å². The third-order valence-electron chi connectivity index (χ3n) is 4.77. The van der Waals surface area contributed by atoms with Crippen molar-refractivity contribution in [1.82, 2.24) is 29.6 Å². The monoisotopic (exact) mass is 360 g/mol. The third kappa shape index (κ3) is 2.66. The molecule has 0 aromatic carbocycles. The van der Waals surface area contributed by atoms with Crippen molar-refractivity contribution in [3.8, 4) is 11.5 Å². The molecular weight excluding hydrogens is 344 g/mol. The normalized spacial score (nSPS) is 16.9. The van der Waals surface area contributed by atoms with E-state index in [-0.39, 0.29) is 11.9 Å². The molecule has 1 unspecified atom stereocenters. The molecule has 0 spiro atoms. The summed E-state index contributed by atoms with van der Waals surface area (Å²) in [5.74, 6) is 0.776. The first-order valence-corrected chi connectivity index (χ1v) is 8.80. The molecule has 1 aliphatic rings. The molecule has 1 aliphatic heterocycles. The highest BCUT2D eigenvalue weighted by Crippen LogP contribution is 2.33. The smallest absolute Gasteiger partial charge is 0.273 e. The van der Waals surface area contributed by atoms with Gasteiger partial charge < -0.3 is 9.42 Å². The first-order chi connectivity index (χ1) is 13.3. The molecule has 0 bridgehead atoms. The minimum atomic E-state index is -0.242. The minimum Gasteiger partial charge on any atom is -0.337 e. The zero-order chi connectivity index (χ0) is 18.2. The van der Waals surface area contributed by atoms with Crippen LogP contribution in [0.5, 0.6) is 0 Å². The fraction of sp³-hybridized carbons (Fsp3) is 0.211. The van der Waals surface area contributed by atoms with Crippen LogP contribution in [0.3, 0.4) is 0 Å². The van der Waals surface area contributed by atoms with Crippen LogP contribution in [-0.2, 0) is 0 Å². The average molecular weight is 360 g/mol. The van der Waals surface area contributed by atoms with Crippen LogP contribution in [0.1, 0.15) is 35.3 Å². The molecule has 0 saturated carbocycles. The number of pyridine rings is 2. The van der Waals surface area contributed by atoms with E-state index in [0.29, 0.717) is 29.6 Å². The summed E-state index contributed by atoms with van der Waals surface area (Å²) in [6, 6.07) is 12.7. The largest absolute Gasteiger partial charge is 0.337 e. The van der Waals surface area contributed by atoms with Crippen molar-refractivity contribution in [3.63, 3.8) is 0 Å². The molecule has 134 valence electrons. The van der Waals surface area contributed by atoms with Crippen LogP contribution in [0.4, 0.5) is 0 Å². The molecule has 8 nitrogen and oxygen atoms in total. The molecule has 27 heavy (non-hydrogen) atoms. The van der Waals surface area contributed by atoms with Crippen LogP contribution in [0.15, 0.2) is 59.4 Å². The Bertz CT molecular complexity index is 1100. The Morgan fingerprint density at radius 1 is 1.11 bits per heavy atom. The molecular formula is C19H16N6O2. The maximum atomic E-state index is 13.2. The summed E-state index contributed by atoms with van der Waals surface area (Å²) in [5.41, 5.74) is 2.05. The highest BCUT2D eigenvalue weighted by atomic mass is 16.5. The fourth-order valence-electron chi connectivity index (χ4n) is 3.49. The lowest BCUT2D eigenvalue weighted by Gasteiger charge is -2.22. The molecule has 0 aliphatic carbocycles. The highest BCUT2D eigenvalue weighted by molar-refractivity contribution is 5.93. The Kier molecular flexibility index (Phi) is 3.67. The standard InChI is InChI=1S/C19H16N6O2/c26-19(16-7-3-5-13-9-11-21-25(13)16)24-12-4-8-15(24)18-22-17(23-27-18)14-6-1-2-10-20-14/h1-3,5-7,9-11,15H,4,8,12H2. The van der Waals surface area contributed by atoms with Crippen LogP contribution in [0.2, 0.25) is 0 Å². The predicted molar refractivity (Wildman–Crippen MR) is 95.7 cm³/mol. The van der Waals surface area contributed by atoms with Gasteiger partial charge in [0.1, 0.15) is 17.4 Å². The summed E-state index contributed by atoms with van der Waals surface area (Å²) in [6.07, 6.45) is 5.03. The molecule has 5 heterocycles. The highest BCUT2D eigenvalue weighted by Gasteiger charge is 2.35. The molecule has 1 fully saturated rings. The summed E-state index contributed by atoms with van der Waals surface area (Å²) in [6.45, 7) is 0.641. The number of fused-ring (bicyclic) bond motifs is 1. The lowest BCUT2D eigenvalue weighted by molar-refractivity contribution is 0.0701. The van der Waals surface area contributed by atoms with Gasteiger partial charge in [-0.1, -0.05) is 17.3 Å². The maximum absolute atomic E-state index is 13.2. The van der Waals surface area contributed by atoms with E-state index in [4.69, 9.17) is 4.52 Å². The van der Waals surface area contributed by atoms with Gasteiger partial charge in [0, 0.05) is 12.7 Å². The number of rotatable bonds is 3. The van der Waals surface area contributed by atoms with Gasteiger partial charge in [0.25, 0.3) is 5.91 Å². The molecule has 5 rings (SSSR count). The number of nitrogens with zero attached hydrogens (tertiary/aromatic N) is 6. The summed E-state index contributed by atoms with van der Waals surface area (Å²) >= 11 is 0. The van der Waals surface area contributed by atoms with Crippen molar-refractivity contribution in [2.45, 2.75) is 18.9 Å². The van der Waals surface area contributed by atoms with E-state index in [9.17, 15) is 4.79 Å². The summed E-state index contributed by atoms with van der Waals surface area (Å²) in [4.78, 5) is 23.7. The number of amides is 1. The molecule has 1 amide bonds. The fourth-order valence-corrected chi connectivity index (χ4v) is 3.49. The van der Waals surface area contributed by atoms with E-state index in [1.165, 1.54) is 0 Å². The SMILES string of the molecule is O=C(c1cccc2ccnn12)N1CCCC1c1nc(-c2ccccn2)no1. The Morgan fingerprint density at radius 3 is 2.96 bits per heavy atom. The van der Waals surface area contributed by atoms with Gasteiger partial charge in [-0.2, -0.15) is 10.1 Å². The van der Waals surface area contributed by atoms with E-state index in [1.807, 2.05) is 36.4 Å². The number of likely N-dealkylation sites (tertiary alicyclic amines) is 1. The molecule has 4 aromatic heterocycles. The van der Waals surface area contributed by atoms with Crippen LogP contribution in [0, 0.1) is 0 Å². The van der Waals surface area contributed by atoms with Gasteiger partial charge in [0.05, 0.1) is 11.7 Å². The number of carbonyl (C=O) groups excluding carboxylic acids is 1. The van der Waals surface area contributed by atoms with E-state index in [1.54, 1.807) is 27.9 Å². The lowest BCUT2D eigenvalue weighted by Crippen LogP contribution is -2.32. The van der Waals surface area contributed by atoms with E-state index in [2.05, 4.69) is 20.2 Å². The van der Waals surface area contributed by atoms with Crippen LogP contribution in [-0.4, -0.2) is 42.1 Å². The van der Waals surface area contributed by atoms with Gasteiger partial charge in [0.15, 0.2) is 0 Å². The third-order valence-corrected chi connectivity index (χ3v) is 4.77. The zero-order valence-electron chi connectivity index (χ0n) is 14.4. The van der Waals surface area contributed by atoms with Gasteiger partial charge >= 0.3 is 0 Å². The van der Waals surface area contributed by atoms with E-state index >= 15 is 0 Å². The van der Waals surface area contributed by atoms with Gasteiger partial charge in [0.2, 0.25) is 11.7 Å². The van der Waals surface area contributed by atoms with Crippen molar-refractivity contribution in [1.29, 1.82) is 0 Å². The Balaban J connectivity index is 1.46. The predicted octanol–water partition coefficient (Wildman–Crippen LogP) is 2.76. The van der Waals surface area contributed by atoms with Crippen molar-refractivity contribution in [2.24, 2.45) is 0 Å². The second-order valence-corrected chi connectivity index (χ2v) is 6.41. The first-order valence-electron chi connectivity index (χ1n) is 8.80. The van der Waals surface area contributed by atoms with E-state index in [0.717, 1.165) is 18.4 Å². The molecule has 1 saturated heterocycles. The Labute approximate surface area is 154 Å². The maximum Gasteiger partial charge on any atom is 0.273 e. The number of hydrogen-bond acceptors (Lipinski definition) is 6.